The highest BCUT2D eigenvalue weighted by molar-refractivity contribution is 5.94. The monoisotopic (exact) mass is 235 g/mol. The van der Waals surface area contributed by atoms with Crippen LogP contribution in [0.3, 0.4) is 0 Å². The Morgan fingerprint density at radius 1 is 1.47 bits per heavy atom. The molecular formula is C13H17NO3. The molecular weight excluding hydrogens is 218 g/mol. The number of carbonyl (C=O) groups excluding carboxylic acids is 1. The lowest BCUT2D eigenvalue weighted by Gasteiger charge is -2.21. The van der Waals surface area contributed by atoms with Gasteiger partial charge in [-0.25, -0.2) is 0 Å². The Labute approximate surface area is 101 Å². The zero-order chi connectivity index (χ0) is 12.3. The number of phenolic OH excluding ortho intramolecular Hbond substituents is 1. The number of benzene rings is 1. The minimum absolute atomic E-state index is 0.132. The third kappa shape index (κ3) is 2.97. The lowest BCUT2D eigenvalue weighted by Crippen LogP contribution is -2.33. The second-order valence-electron chi connectivity index (χ2n) is 4.35. The molecule has 2 N–H and O–H groups in total. The molecule has 1 aromatic rings. The number of carbonyl (C=O) groups is 1. The van der Waals surface area contributed by atoms with E-state index in [1.165, 1.54) is 0 Å². The highest BCUT2D eigenvalue weighted by atomic mass is 16.5. The Balaban J connectivity index is 1.99. The van der Waals surface area contributed by atoms with E-state index in [9.17, 15) is 9.90 Å². The van der Waals surface area contributed by atoms with Crippen molar-refractivity contribution in [2.75, 3.05) is 11.9 Å². The average Bonchev–Trinajstić information content (AvgIpc) is 2.35. The summed E-state index contributed by atoms with van der Waals surface area (Å²) in [6, 6.07) is 5.10. The summed E-state index contributed by atoms with van der Waals surface area (Å²) in [6.45, 7) is 2.46. The van der Waals surface area contributed by atoms with Crippen molar-refractivity contribution in [1.29, 1.82) is 0 Å². The molecule has 1 atom stereocenters. The number of anilines is 1. The van der Waals surface area contributed by atoms with Crippen LogP contribution in [0.1, 0.15) is 24.8 Å². The smallest absolute Gasteiger partial charge is 0.253 e. The maximum Gasteiger partial charge on any atom is 0.253 e. The van der Waals surface area contributed by atoms with Gasteiger partial charge < -0.3 is 15.2 Å². The van der Waals surface area contributed by atoms with E-state index in [2.05, 4.69) is 5.32 Å². The molecule has 92 valence electrons. The first-order valence-electron chi connectivity index (χ1n) is 5.89. The predicted octanol–water partition coefficient (Wildman–Crippen LogP) is 2.21. The zero-order valence-corrected chi connectivity index (χ0v) is 9.90. The molecule has 1 saturated heterocycles. The van der Waals surface area contributed by atoms with Crippen molar-refractivity contribution in [3.8, 4) is 5.75 Å². The number of aromatic hydroxyl groups is 1. The zero-order valence-electron chi connectivity index (χ0n) is 9.90. The molecule has 0 bridgehead atoms. The highest BCUT2D eigenvalue weighted by Crippen LogP contribution is 2.22. The lowest BCUT2D eigenvalue weighted by atomic mass is 10.1. The maximum absolute atomic E-state index is 11.8. The number of ether oxygens (including phenoxy) is 1. The van der Waals surface area contributed by atoms with E-state index < -0.39 is 0 Å². The van der Waals surface area contributed by atoms with Gasteiger partial charge in [-0.3, -0.25) is 4.79 Å². The van der Waals surface area contributed by atoms with Gasteiger partial charge in [0, 0.05) is 18.4 Å². The minimum atomic E-state index is -0.354. The number of hydrogen-bond donors (Lipinski definition) is 2. The number of aryl methyl sites for hydroxylation is 1. The van der Waals surface area contributed by atoms with Crippen molar-refractivity contribution in [2.45, 2.75) is 32.3 Å². The Morgan fingerprint density at radius 3 is 2.94 bits per heavy atom. The summed E-state index contributed by atoms with van der Waals surface area (Å²) < 4.78 is 5.39. The topological polar surface area (TPSA) is 58.6 Å². The largest absolute Gasteiger partial charge is 0.508 e. The summed E-state index contributed by atoms with van der Waals surface area (Å²) in [5.74, 6) is 0.0558. The van der Waals surface area contributed by atoms with E-state index in [4.69, 9.17) is 4.74 Å². The van der Waals surface area contributed by atoms with E-state index in [-0.39, 0.29) is 17.8 Å². The molecule has 0 aliphatic carbocycles. The molecule has 4 nitrogen and oxygen atoms in total. The summed E-state index contributed by atoms with van der Waals surface area (Å²) >= 11 is 0. The Bertz CT molecular complexity index is 411. The summed E-state index contributed by atoms with van der Waals surface area (Å²) in [4.78, 5) is 11.8. The Kier molecular flexibility index (Phi) is 3.64. The molecule has 1 aliphatic rings. The van der Waals surface area contributed by atoms with Crippen LogP contribution in [-0.4, -0.2) is 23.7 Å². The second-order valence-corrected chi connectivity index (χ2v) is 4.35. The normalized spacial score (nSPS) is 19.9. The number of phenols is 1. The van der Waals surface area contributed by atoms with Gasteiger partial charge in [0.15, 0.2) is 0 Å². The second kappa shape index (κ2) is 5.19. The molecule has 1 heterocycles. The number of amides is 1. The molecule has 0 radical (unpaired) electrons. The molecule has 2 rings (SSSR count). The fourth-order valence-electron chi connectivity index (χ4n) is 1.86. The van der Waals surface area contributed by atoms with Crippen molar-refractivity contribution in [2.24, 2.45) is 0 Å². The van der Waals surface area contributed by atoms with Gasteiger partial charge in [-0.1, -0.05) is 6.07 Å². The van der Waals surface area contributed by atoms with Crippen LogP contribution in [0.25, 0.3) is 0 Å². The van der Waals surface area contributed by atoms with E-state index in [1.54, 1.807) is 18.2 Å². The number of hydrogen-bond acceptors (Lipinski definition) is 3. The number of rotatable bonds is 2. The minimum Gasteiger partial charge on any atom is -0.508 e. The molecule has 1 aromatic carbocycles. The van der Waals surface area contributed by atoms with Crippen LogP contribution in [-0.2, 0) is 9.53 Å². The van der Waals surface area contributed by atoms with Gasteiger partial charge in [0.2, 0.25) is 0 Å². The predicted molar refractivity (Wildman–Crippen MR) is 65.1 cm³/mol. The van der Waals surface area contributed by atoms with Crippen molar-refractivity contribution in [1.82, 2.24) is 0 Å². The molecule has 0 spiro atoms. The molecule has 1 fully saturated rings. The molecule has 4 heteroatoms. The van der Waals surface area contributed by atoms with Gasteiger partial charge in [0.25, 0.3) is 5.91 Å². The third-order valence-electron chi connectivity index (χ3n) is 2.95. The van der Waals surface area contributed by atoms with Crippen LogP contribution >= 0.6 is 0 Å². The van der Waals surface area contributed by atoms with Gasteiger partial charge in [-0.2, -0.15) is 0 Å². The quantitative estimate of drug-likeness (QED) is 0.826. The van der Waals surface area contributed by atoms with Crippen LogP contribution < -0.4 is 5.32 Å². The molecule has 17 heavy (non-hydrogen) atoms. The van der Waals surface area contributed by atoms with Gasteiger partial charge in [0.1, 0.15) is 11.9 Å². The van der Waals surface area contributed by atoms with Gasteiger partial charge in [-0.15, -0.1) is 0 Å². The SMILES string of the molecule is Cc1ccc(NC(=O)C2CCCCO2)cc1O. The first-order valence-corrected chi connectivity index (χ1v) is 5.89. The van der Waals surface area contributed by atoms with Crippen LogP contribution in [0.15, 0.2) is 18.2 Å². The first-order chi connectivity index (χ1) is 8.16. The van der Waals surface area contributed by atoms with Crippen LogP contribution in [0, 0.1) is 6.92 Å². The third-order valence-corrected chi connectivity index (χ3v) is 2.95. The maximum atomic E-state index is 11.8. The molecule has 1 amide bonds. The van der Waals surface area contributed by atoms with Gasteiger partial charge in [-0.05, 0) is 37.8 Å². The standard InChI is InChI=1S/C13H17NO3/c1-9-5-6-10(8-11(9)15)14-13(16)12-4-2-3-7-17-12/h5-6,8,12,15H,2-4,7H2,1H3,(H,14,16). The van der Waals surface area contributed by atoms with E-state index in [1.807, 2.05) is 6.92 Å². The number of nitrogens with one attached hydrogen (secondary N) is 1. The highest BCUT2D eigenvalue weighted by Gasteiger charge is 2.21. The van der Waals surface area contributed by atoms with Crippen molar-refractivity contribution in [3.05, 3.63) is 23.8 Å². The molecule has 1 unspecified atom stereocenters. The van der Waals surface area contributed by atoms with E-state index >= 15 is 0 Å². The first kappa shape index (κ1) is 11.9. The average molecular weight is 235 g/mol. The summed E-state index contributed by atoms with van der Waals surface area (Å²) in [5.41, 5.74) is 1.39. The van der Waals surface area contributed by atoms with Crippen LogP contribution in [0.2, 0.25) is 0 Å². The molecule has 0 saturated carbocycles. The summed E-state index contributed by atoms with van der Waals surface area (Å²) in [7, 11) is 0. The van der Waals surface area contributed by atoms with Gasteiger partial charge >= 0.3 is 0 Å². The van der Waals surface area contributed by atoms with Crippen LogP contribution in [0.4, 0.5) is 5.69 Å². The Morgan fingerprint density at radius 2 is 2.29 bits per heavy atom. The lowest BCUT2D eigenvalue weighted by molar-refractivity contribution is -0.129. The fourth-order valence-corrected chi connectivity index (χ4v) is 1.86. The van der Waals surface area contributed by atoms with E-state index in [0.29, 0.717) is 12.3 Å². The molecule has 0 aromatic heterocycles. The van der Waals surface area contributed by atoms with Crippen molar-refractivity contribution >= 4 is 11.6 Å². The summed E-state index contributed by atoms with van der Waals surface area (Å²) in [5, 5.41) is 12.3. The van der Waals surface area contributed by atoms with Crippen molar-refractivity contribution < 1.29 is 14.6 Å². The Hall–Kier alpha value is -1.55. The van der Waals surface area contributed by atoms with Crippen LogP contribution in [0.5, 0.6) is 5.75 Å². The van der Waals surface area contributed by atoms with E-state index in [0.717, 1.165) is 24.8 Å². The van der Waals surface area contributed by atoms with Gasteiger partial charge in [0.05, 0.1) is 0 Å². The van der Waals surface area contributed by atoms with Crippen molar-refractivity contribution in [3.63, 3.8) is 0 Å². The molecule has 1 aliphatic heterocycles. The summed E-state index contributed by atoms with van der Waals surface area (Å²) in [6.07, 6.45) is 2.46. The fraction of sp³-hybridized carbons (Fsp3) is 0.462.